The lowest BCUT2D eigenvalue weighted by molar-refractivity contribution is -0.914. The number of amides is 1. The third kappa shape index (κ3) is 5.18. The Morgan fingerprint density at radius 2 is 1.70 bits per heavy atom. The normalized spacial score (nSPS) is 16.2. The van der Waals surface area contributed by atoms with Gasteiger partial charge in [-0.2, -0.15) is 13.2 Å². The fraction of sp³-hybridized carbons (Fsp3) is 0.364. The summed E-state index contributed by atoms with van der Waals surface area (Å²) in [7, 11) is 0. The van der Waals surface area contributed by atoms with Gasteiger partial charge >= 0.3 is 6.18 Å². The first-order chi connectivity index (χ1) is 14.1. The maximum Gasteiger partial charge on any atom is 0.416 e. The molecule has 0 aromatic heterocycles. The first kappa shape index (κ1) is 21.8. The summed E-state index contributed by atoms with van der Waals surface area (Å²) in [6.07, 6.45) is -4.36. The van der Waals surface area contributed by atoms with E-state index in [1.165, 1.54) is 19.1 Å². The molecule has 1 aliphatic rings. The summed E-state index contributed by atoms with van der Waals surface area (Å²) < 4.78 is 38.8. The van der Waals surface area contributed by atoms with Gasteiger partial charge in [-0.1, -0.05) is 6.07 Å². The molecule has 1 saturated heterocycles. The van der Waals surface area contributed by atoms with Crippen molar-refractivity contribution < 1.29 is 27.7 Å². The van der Waals surface area contributed by atoms with Gasteiger partial charge in [-0.25, -0.2) is 0 Å². The summed E-state index contributed by atoms with van der Waals surface area (Å²) in [5.74, 6) is -0.169. The van der Waals surface area contributed by atoms with Crippen molar-refractivity contribution in [1.82, 2.24) is 0 Å². The van der Waals surface area contributed by atoms with Gasteiger partial charge in [0.1, 0.15) is 0 Å². The summed E-state index contributed by atoms with van der Waals surface area (Å²) in [6.45, 7) is 5.76. The standard InChI is InChI=1S/C22H24F3N3O2/c1-15(21(30)26-19-8-6-17(7-9-19)16(2)29)27-10-12-28(13-11-27)20-5-3-4-18(14-20)22(23,24)25/h3-9,14-15H,10-13H2,1-2H3,(H,26,30)/p+1/t15-/m0/s1. The highest BCUT2D eigenvalue weighted by atomic mass is 19.4. The van der Waals surface area contributed by atoms with Crippen molar-refractivity contribution in [3.63, 3.8) is 0 Å². The second-order valence-corrected chi connectivity index (χ2v) is 7.54. The van der Waals surface area contributed by atoms with Crippen LogP contribution in [0.25, 0.3) is 0 Å². The summed E-state index contributed by atoms with van der Waals surface area (Å²) in [5.41, 5.74) is 1.10. The number of Topliss-reactive ketones (excluding diaryl/α,β-unsaturated/α-hetero) is 1. The molecular formula is C22H25F3N3O2+. The van der Waals surface area contributed by atoms with Gasteiger partial charge in [-0.3, -0.25) is 9.59 Å². The lowest BCUT2D eigenvalue weighted by Crippen LogP contribution is -3.19. The van der Waals surface area contributed by atoms with Crippen LogP contribution in [0.4, 0.5) is 24.5 Å². The van der Waals surface area contributed by atoms with Gasteiger partial charge in [-0.15, -0.1) is 0 Å². The van der Waals surface area contributed by atoms with Crippen molar-refractivity contribution >= 4 is 23.1 Å². The molecule has 1 amide bonds. The van der Waals surface area contributed by atoms with Crippen molar-refractivity contribution in [2.24, 2.45) is 0 Å². The van der Waals surface area contributed by atoms with Crippen LogP contribution in [0.3, 0.4) is 0 Å². The lowest BCUT2D eigenvalue weighted by Gasteiger charge is -2.36. The Labute approximate surface area is 173 Å². The number of rotatable bonds is 5. The zero-order valence-corrected chi connectivity index (χ0v) is 16.9. The molecule has 0 radical (unpaired) electrons. The summed E-state index contributed by atoms with van der Waals surface area (Å²) in [6, 6.07) is 11.8. The largest absolute Gasteiger partial charge is 0.416 e. The topological polar surface area (TPSA) is 53.9 Å². The number of ketones is 1. The first-order valence-electron chi connectivity index (χ1n) is 9.84. The molecule has 1 heterocycles. The van der Waals surface area contributed by atoms with Crippen LogP contribution in [0, 0.1) is 0 Å². The van der Waals surface area contributed by atoms with Crippen molar-refractivity contribution in [2.45, 2.75) is 26.1 Å². The molecule has 0 spiro atoms. The fourth-order valence-corrected chi connectivity index (χ4v) is 3.59. The van der Waals surface area contributed by atoms with Gasteiger partial charge in [0.05, 0.1) is 31.7 Å². The molecule has 0 bridgehead atoms. The zero-order valence-electron chi connectivity index (χ0n) is 16.9. The summed E-state index contributed by atoms with van der Waals surface area (Å²) >= 11 is 0. The minimum atomic E-state index is -4.36. The van der Waals surface area contributed by atoms with Gasteiger partial charge in [0.15, 0.2) is 11.8 Å². The van der Waals surface area contributed by atoms with E-state index in [1.54, 1.807) is 30.3 Å². The Kier molecular flexibility index (Phi) is 6.45. The van der Waals surface area contributed by atoms with Crippen LogP contribution in [0.1, 0.15) is 29.8 Å². The molecule has 2 aromatic rings. The Balaban J connectivity index is 1.56. The van der Waals surface area contributed by atoms with Crippen LogP contribution in [-0.2, 0) is 11.0 Å². The molecule has 1 fully saturated rings. The number of quaternary nitrogens is 1. The van der Waals surface area contributed by atoms with Crippen LogP contribution in [0.5, 0.6) is 0 Å². The van der Waals surface area contributed by atoms with Gasteiger partial charge in [0, 0.05) is 16.9 Å². The van der Waals surface area contributed by atoms with Gasteiger partial charge in [0.2, 0.25) is 0 Å². The predicted molar refractivity (Wildman–Crippen MR) is 109 cm³/mol. The predicted octanol–water partition coefficient (Wildman–Crippen LogP) is 2.64. The molecule has 5 nitrogen and oxygen atoms in total. The first-order valence-corrected chi connectivity index (χ1v) is 9.84. The fourth-order valence-electron chi connectivity index (χ4n) is 3.59. The second kappa shape index (κ2) is 8.87. The number of nitrogens with one attached hydrogen (secondary N) is 2. The molecule has 1 aliphatic heterocycles. The molecule has 2 N–H and O–H groups in total. The SMILES string of the molecule is CC(=O)c1ccc(NC(=O)[C@H](C)[NH+]2CCN(c3cccc(C(F)(F)F)c3)CC2)cc1. The number of anilines is 2. The van der Waals surface area contributed by atoms with Gasteiger partial charge in [0.25, 0.3) is 5.91 Å². The molecule has 30 heavy (non-hydrogen) atoms. The number of piperazine rings is 1. The van der Waals surface area contributed by atoms with Gasteiger partial charge < -0.3 is 15.1 Å². The molecule has 3 rings (SSSR count). The van der Waals surface area contributed by atoms with Crippen LogP contribution < -0.4 is 15.1 Å². The Morgan fingerprint density at radius 3 is 2.27 bits per heavy atom. The third-order valence-corrected chi connectivity index (χ3v) is 5.51. The lowest BCUT2D eigenvalue weighted by atomic mass is 10.1. The van der Waals surface area contributed by atoms with E-state index in [-0.39, 0.29) is 17.7 Å². The Hall–Kier alpha value is -2.87. The number of carbonyl (C=O) groups is 2. The summed E-state index contributed by atoms with van der Waals surface area (Å²) in [5, 5.41) is 2.86. The average Bonchev–Trinajstić information content (AvgIpc) is 2.73. The van der Waals surface area contributed by atoms with Crippen molar-refractivity contribution in [3.05, 3.63) is 59.7 Å². The number of alkyl halides is 3. The Morgan fingerprint density at radius 1 is 1.07 bits per heavy atom. The van der Waals surface area contributed by atoms with Gasteiger partial charge in [-0.05, 0) is 56.3 Å². The number of hydrogen-bond donors (Lipinski definition) is 2. The highest BCUT2D eigenvalue weighted by Gasteiger charge is 2.32. The molecule has 0 aliphatic carbocycles. The van der Waals surface area contributed by atoms with E-state index in [0.717, 1.165) is 11.0 Å². The third-order valence-electron chi connectivity index (χ3n) is 5.51. The van der Waals surface area contributed by atoms with Crippen LogP contribution >= 0.6 is 0 Å². The minimum absolute atomic E-state index is 0.0377. The molecular weight excluding hydrogens is 395 g/mol. The van der Waals surface area contributed by atoms with Crippen LogP contribution in [0.15, 0.2) is 48.5 Å². The van der Waals surface area contributed by atoms with E-state index in [2.05, 4.69) is 5.32 Å². The number of halogens is 3. The van der Waals surface area contributed by atoms with E-state index >= 15 is 0 Å². The smallest absolute Gasteiger partial charge is 0.360 e. The number of hydrogen-bond acceptors (Lipinski definition) is 3. The maximum atomic E-state index is 12.9. The van der Waals surface area contributed by atoms with E-state index in [0.29, 0.717) is 43.1 Å². The quantitative estimate of drug-likeness (QED) is 0.732. The molecule has 160 valence electrons. The summed E-state index contributed by atoms with van der Waals surface area (Å²) in [4.78, 5) is 26.9. The number of nitrogens with zero attached hydrogens (tertiary/aromatic N) is 1. The highest BCUT2D eigenvalue weighted by Crippen LogP contribution is 2.31. The Bertz CT molecular complexity index is 905. The van der Waals surface area contributed by atoms with Crippen LogP contribution in [0.2, 0.25) is 0 Å². The number of carbonyl (C=O) groups excluding carboxylic acids is 2. The molecule has 1 atom stereocenters. The highest BCUT2D eigenvalue weighted by molar-refractivity contribution is 5.96. The van der Waals surface area contributed by atoms with Crippen LogP contribution in [-0.4, -0.2) is 43.9 Å². The van der Waals surface area contributed by atoms with E-state index in [9.17, 15) is 22.8 Å². The molecule has 8 heteroatoms. The van der Waals surface area contributed by atoms with Crippen molar-refractivity contribution in [1.29, 1.82) is 0 Å². The minimum Gasteiger partial charge on any atom is -0.360 e. The maximum absolute atomic E-state index is 12.9. The average molecular weight is 420 g/mol. The van der Waals surface area contributed by atoms with E-state index < -0.39 is 11.7 Å². The number of benzene rings is 2. The second-order valence-electron chi connectivity index (χ2n) is 7.54. The zero-order chi connectivity index (χ0) is 21.9. The van der Waals surface area contributed by atoms with Crippen molar-refractivity contribution in [3.8, 4) is 0 Å². The van der Waals surface area contributed by atoms with E-state index in [1.807, 2.05) is 11.8 Å². The van der Waals surface area contributed by atoms with E-state index in [4.69, 9.17) is 0 Å². The molecule has 0 saturated carbocycles. The molecule has 2 aromatic carbocycles. The van der Waals surface area contributed by atoms with Crippen molar-refractivity contribution in [2.75, 3.05) is 36.4 Å². The molecule has 0 unspecified atom stereocenters. The monoisotopic (exact) mass is 420 g/mol.